The second-order valence-corrected chi connectivity index (χ2v) is 10.4. The number of imidazole rings is 1. The zero-order valence-corrected chi connectivity index (χ0v) is 21.8. The molecule has 7 nitrogen and oxygen atoms in total. The van der Waals surface area contributed by atoms with E-state index in [1.54, 1.807) is 34.9 Å². The molecule has 11 heteroatoms. The van der Waals surface area contributed by atoms with Crippen LogP contribution in [0.3, 0.4) is 0 Å². The maximum atomic E-state index is 13.3. The fourth-order valence-electron chi connectivity index (χ4n) is 3.91. The molecule has 37 heavy (non-hydrogen) atoms. The lowest BCUT2D eigenvalue weighted by Crippen LogP contribution is -2.15. The number of unbranched alkanes of at least 4 members (excludes halogenated alkanes) is 2. The Balaban J connectivity index is 1.42. The predicted octanol–water partition coefficient (Wildman–Crippen LogP) is 7.32. The molecule has 1 aliphatic carbocycles. The van der Waals surface area contributed by atoms with Crippen LogP contribution in [0.2, 0.25) is 0 Å². The molecule has 0 saturated heterocycles. The van der Waals surface area contributed by atoms with Crippen LogP contribution in [0.15, 0.2) is 35.2 Å². The first-order valence-corrected chi connectivity index (χ1v) is 13.9. The number of carbonyl (C=O) groups excluding carboxylic acids is 1. The van der Waals surface area contributed by atoms with Gasteiger partial charge in [0.15, 0.2) is 21.6 Å². The van der Waals surface area contributed by atoms with Crippen molar-refractivity contribution in [3.05, 3.63) is 57.8 Å². The Hall–Kier alpha value is -3.31. The van der Waals surface area contributed by atoms with E-state index in [1.165, 1.54) is 28.7 Å². The first-order chi connectivity index (χ1) is 18.0. The van der Waals surface area contributed by atoms with Crippen LogP contribution in [0.25, 0.3) is 17.1 Å². The molecule has 0 aliphatic heterocycles. The number of alkyl halides is 2. The third kappa shape index (κ3) is 5.99. The summed E-state index contributed by atoms with van der Waals surface area (Å²) in [5, 5.41) is 7.29. The van der Waals surface area contributed by atoms with E-state index in [0.29, 0.717) is 39.6 Å². The molecule has 4 aromatic rings. The van der Waals surface area contributed by atoms with E-state index in [1.807, 2.05) is 10.8 Å². The Morgan fingerprint density at radius 1 is 1.24 bits per heavy atom. The number of hydrogen-bond acceptors (Lipinski definition) is 7. The minimum absolute atomic E-state index is 0.0346. The molecule has 0 unspecified atom stereocenters. The monoisotopic (exact) mass is 544 g/mol. The normalized spacial score (nSPS) is 13.6. The highest BCUT2D eigenvalue weighted by atomic mass is 32.1. The second-order valence-electron chi connectivity index (χ2n) is 8.65. The Kier molecular flexibility index (Phi) is 7.80. The van der Waals surface area contributed by atoms with Crippen LogP contribution >= 0.6 is 22.7 Å². The van der Waals surface area contributed by atoms with Crippen LogP contribution in [0, 0.1) is 0 Å². The lowest BCUT2D eigenvalue weighted by atomic mass is 10.1. The molecule has 1 amide bonds. The van der Waals surface area contributed by atoms with E-state index in [2.05, 4.69) is 22.2 Å². The van der Waals surface area contributed by atoms with E-state index in [9.17, 15) is 13.6 Å². The topological polar surface area (TPSA) is 77.8 Å². The molecular formula is C26H26F2N4O3S2. The van der Waals surface area contributed by atoms with Crippen molar-refractivity contribution in [2.75, 3.05) is 11.9 Å². The number of amides is 1. The van der Waals surface area contributed by atoms with Gasteiger partial charge in [-0.05, 0) is 37.5 Å². The van der Waals surface area contributed by atoms with Gasteiger partial charge in [0.1, 0.15) is 5.69 Å². The van der Waals surface area contributed by atoms with Crippen molar-refractivity contribution in [3.8, 4) is 11.5 Å². The number of halogens is 2. The minimum atomic E-state index is -2.97. The number of rotatable bonds is 12. The second kappa shape index (κ2) is 11.4. The smallest absolute Gasteiger partial charge is 0.387 e. The molecule has 0 atom stereocenters. The Morgan fingerprint density at radius 2 is 2.11 bits per heavy atom. The highest BCUT2D eigenvalue weighted by Gasteiger charge is 2.27. The summed E-state index contributed by atoms with van der Waals surface area (Å²) in [6, 6.07) is 4.82. The lowest BCUT2D eigenvalue weighted by molar-refractivity contribution is -0.0515. The van der Waals surface area contributed by atoms with Crippen LogP contribution < -0.4 is 14.8 Å². The van der Waals surface area contributed by atoms with Crippen molar-refractivity contribution in [2.45, 2.75) is 51.6 Å². The SMILES string of the molecule is CCCCCOc1c(/C=C/c2nc3sccn3c2C(=O)Nc2nc(C3CC3)cs2)cccc1OC(F)F. The molecule has 3 heterocycles. The van der Waals surface area contributed by atoms with Gasteiger partial charge >= 0.3 is 6.61 Å². The van der Waals surface area contributed by atoms with Gasteiger partial charge in [-0.25, -0.2) is 9.97 Å². The number of carbonyl (C=O) groups is 1. The summed E-state index contributed by atoms with van der Waals surface area (Å²) < 4.78 is 38.3. The highest BCUT2D eigenvalue weighted by molar-refractivity contribution is 7.15. The number of aromatic nitrogens is 3. The summed E-state index contributed by atoms with van der Waals surface area (Å²) in [7, 11) is 0. The summed E-state index contributed by atoms with van der Waals surface area (Å²) in [5.41, 5.74) is 2.37. The number of fused-ring (bicyclic) bond motifs is 1. The van der Waals surface area contributed by atoms with Gasteiger partial charge < -0.3 is 9.47 Å². The van der Waals surface area contributed by atoms with Crippen LogP contribution in [0.4, 0.5) is 13.9 Å². The van der Waals surface area contributed by atoms with E-state index in [4.69, 9.17) is 9.47 Å². The molecule has 1 aliphatic rings. The molecule has 5 rings (SSSR count). The Bertz CT molecular complexity index is 1410. The first kappa shape index (κ1) is 25.3. The molecule has 0 radical (unpaired) electrons. The average Bonchev–Trinajstić information content (AvgIpc) is 3.27. The molecular weight excluding hydrogens is 518 g/mol. The fraction of sp³-hybridized carbons (Fsp3) is 0.346. The molecule has 0 spiro atoms. The zero-order valence-electron chi connectivity index (χ0n) is 20.2. The molecule has 1 fully saturated rings. The molecule has 3 aromatic heterocycles. The van der Waals surface area contributed by atoms with Gasteiger partial charge in [0.25, 0.3) is 5.91 Å². The Labute approximate surface area is 220 Å². The van der Waals surface area contributed by atoms with E-state index < -0.39 is 6.61 Å². The number of benzene rings is 1. The van der Waals surface area contributed by atoms with Gasteiger partial charge in [-0.3, -0.25) is 14.5 Å². The summed E-state index contributed by atoms with van der Waals surface area (Å²) in [5.74, 6) is 0.375. The van der Waals surface area contributed by atoms with Gasteiger partial charge in [-0.15, -0.1) is 22.7 Å². The van der Waals surface area contributed by atoms with E-state index >= 15 is 0 Å². The third-order valence-corrected chi connectivity index (χ3v) is 7.42. The number of ether oxygens (including phenoxy) is 2. The van der Waals surface area contributed by atoms with Crippen LogP contribution in [0.5, 0.6) is 11.5 Å². The number of nitrogens with one attached hydrogen (secondary N) is 1. The van der Waals surface area contributed by atoms with Crippen LogP contribution in [0.1, 0.15) is 72.4 Å². The van der Waals surface area contributed by atoms with Gasteiger partial charge in [0.2, 0.25) is 0 Å². The van der Waals surface area contributed by atoms with Crippen molar-refractivity contribution >= 4 is 50.8 Å². The largest absolute Gasteiger partial charge is 0.489 e. The number of nitrogens with zero attached hydrogens (tertiary/aromatic N) is 3. The summed E-state index contributed by atoms with van der Waals surface area (Å²) in [4.78, 5) is 23.1. The zero-order chi connectivity index (χ0) is 25.8. The number of anilines is 1. The predicted molar refractivity (Wildman–Crippen MR) is 142 cm³/mol. The molecule has 194 valence electrons. The van der Waals surface area contributed by atoms with Crippen molar-refractivity contribution in [1.82, 2.24) is 14.4 Å². The fourth-order valence-corrected chi connectivity index (χ4v) is 5.42. The molecule has 1 saturated carbocycles. The van der Waals surface area contributed by atoms with E-state index in [-0.39, 0.29) is 17.4 Å². The van der Waals surface area contributed by atoms with Crippen molar-refractivity contribution < 1.29 is 23.0 Å². The summed E-state index contributed by atoms with van der Waals surface area (Å²) >= 11 is 2.82. The van der Waals surface area contributed by atoms with E-state index in [0.717, 1.165) is 37.8 Å². The lowest BCUT2D eigenvalue weighted by Gasteiger charge is -2.14. The van der Waals surface area contributed by atoms with Gasteiger partial charge in [-0.2, -0.15) is 8.78 Å². The quantitative estimate of drug-likeness (QED) is 0.189. The number of para-hydroxylation sites is 1. The Morgan fingerprint density at radius 3 is 2.89 bits per heavy atom. The number of hydrogen-bond donors (Lipinski definition) is 1. The third-order valence-electron chi connectivity index (χ3n) is 5.88. The van der Waals surface area contributed by atoms with Crippen LogP contribution in [-0.4, -0.2) is 33.5 Å². The molecule has 0 bridgehead atoms. The van der Waals surface area contributed by atoms with Gasteiger partial charge in [-0.1, -0.05) is 31.9 Å². The standard InChI is InChI=1S/C26H26F2N4O3S2/c1-2-3-4-13-34-22-17(6-5-7-20(22)35-24(27)28)10-11-18-21(32-12-14-36-26(32)30-18)23(33)31-25-29-19(15-37-25)16-8-9-16/h5-7,10-12,14-16,24H,2-4,8-9,13H2,1H3,(H,29,31,33)/b11-10+. The van der Waals surface area contributed by atoms with Gasteiger partial charge in [0.05, 0.1) is 18.0 Å². The average molecular weight is 545 g/mol. The van der Waals surface area contributed by atoms with Crippen molar-refractivity contribution in [1.29, 1.82) is 0 Å². The van der Waals surface area contributed by atoms with Crippen molar-refractivity contribution in [3.63, 3.8) is 0 Å². The maximum Gasteiger partial charge on any atom is 0.387 e. The maximum absolute atomic E-state index is 13.3. The van der Waals surface area contributed by atoms with Crippen LogP contribution in [-0.2, 0) is 0 Å². The van der Waals surface area contributed by atoms with Gasteiger partial charge in [0, 0.05) is 28.4 Å². The summed E-state index contributed by atoms with van der Waals surface area (Å²) in [6.07, 6.45) is 10.2. The minimum Gasteiger partial charge on any atom is -0.489 e. The summed E-state index contributed by atoms with van der Waals surface area (Å²) in [6.45, 7) is -0.520. The number of thiazole rings is 2. The molecule has 1 aromatic carbocycles. The highest BCUT2D eigenvalue weighted by Crippen LogP contribution is 2.41. The first-order valence-electron chi connectivity index (χ1n) is 12.1. The van der Waals surface area contributed by atoms with Crippen molar-refractivity contribution in [2.24, 2.45) is 0 Å². The molecule has 1 N–H and O–H groups in total.